The molecular weight excluding hydrogens is 369 g/mol. The van der Waals surface area contributed by atoms with E-state index in [1.54, 1.807) is 13.1 Å². The molecule has 1 saturated heterocycles. The number of anilines is 1. The Balaban J connectivity index is 1.44. The van der Waals surface area contributed by atoms with Crippen LogP contribution in [0.15, 0.2) is 36.7 Å². The molecule has 1 saturated carbocycles. The molecular formula is C20H23F3N4O. The molecule has 0 unspecified atom stereocenters. The summed E-state index contributed by atoms with van der Waals surface area (Å²) in [6.45, 7) is 1.11. The minimum absolute atomic E-state index is 0.192. The van der Waals surface area contributed by atoms with Gasteiger partial charge in [-0.3, -0.25) is 4.90 Å². The maximum absolute atomic E-state index is 12.9. The lowest BCUT2D eigenvalue weighted by atomic mass is 9.99. The number of nitrogens with zero attached hydrogens (tertiary/aromatic N) is 3. The molecule has 2 aromatic rings. The van der Waals surface area contributed by atoms with E-state index in [-0.39, 0.29) is 11.8 Å². The molecule has 28 heavy (non-hydrogen) atoms. The zero-order valence-corrected chi connectivity index (χ0v) is 15.6. The topological polar surface area (TPSA) is 50.3 Å². The van der Waals surface area contributed by atoms with E-state index in [2.05, 4.69) is 20.2 Å². The first-order valence-electron chi connectivity index (χ1n) is 9.48. The number of fused-ring (bicyclic) bond motifs is 2. The van der Waals surface area contributed by atoms with E-state index in [4.69, 9.17) is 4.74 Å². The van der Waals surface area contributed by atoms with E-state index in [9.17, 15) is 13.2 Å². The summed E-state index contributed by atoms with van der Waals surface area (Å²) in [7, 11) is 1.77. The molecule has 2 heterocycles. The number of hydrogen-bond acceptors (Lipinski definition) is 5. The van der Waals surface area contributed by atoms with Gasteiger partial charge in [-0.05, 0) is 43.4 Å². The fourth-order valence-electron chi connectivity index (χ4n) is 4.38. The SMILES string of the molecule is CNc1ncc(CN2[C@@H]3CC[C@H](C3)[C@H]2COc2cccc(C(F)(F)F)c2)cn1. The second-order valence-corrected chi connectivity index (χ2v) is 7.47. The van der Waals surface area contributed by atoms with Crippen molar-refractivity contribution in [1.82, 2.24) is 14.9 Å². The molecule has 5 nitrogen and oxygen atoms in total. The lowest BCUT2D eigenvalue weighted by Gasteiger charge is -2.35. The van der Waals surface area contributed by atoms with Gasteiger partial charge in [0.05, 0.1) is 5.56 Å². The van der Waals surface area contributed by atoms with E-state index in [1.807, 2.05) is 12.4 Å². The summed E-state index contributed by atoms with van der Waals surface area (Å²) in [5.41, 5.74) is 0.340. The number of benzene rings is 1. The van der Waals surface area contributed by atoms with Crippen molar-refractivity contribution in [3.8, 4) is 5.75 Å². The molecule has 1 aliphatic heterocycles. The number of hydrogen-bond donors (Lipinski definition) is 1. The molecule has 1 aromatic carbocycles. The quantitative estimate of drug-likeness (QED) is 0.806. The Morgan fingerprint density at radius 3 is 2.71 bits per heavy atom. The molecule has 1 N–H and O–H groups in total. The highest BCUT2D eigenvalue weighted by molar-refractivity contribution is 5.30. The number of rotatable bonds is 6. The highest BCUT2D eigenvalue weighted by Crippen LogP contribution is 2.43. The number of halogens is 3. The van der Waals surface area contributed by atoms with Gasteiger partial charge in [0.1, 0.15) is 12.4 Å². The van der Waals surface area contributed by atoms with E-state index < -0.39 is 11.7 Å². The van der Waals surface area contributed by atoms with Crippen LogP contribution in [0.1, 0.15) is 30.4 Å². The number of aromatic nitrogens is 2. The fourth-order valence-corrected chi connectivity index (χ4v) is 4.38. The maximum Gasteiger partial charge on any atom is 0.416 e. The van der Waals surface area contributed by atoms with Crippen LogP contribution in [0.5, 0.6) is 5.75 Å². The van der Waals surface area contributed by atoms with Gasteiger partial charge in [0, 0.05) is 43.6 Å². The molecule has 2 bridgehead atoms. The van der Waals surface area contributed by atoms with Crippen molar-refractivity contribution in [1.29, 1.82) is 0 Å². The predicted molar refractivity (Wildman–Crippen MR) is 99.0 cm³/mol. The summed E-state index contributed by atoms with van der Waals surface area (Å²) >= 11 is 0. The van der Waals surface area contributed by atoms with E-state index >= 15 is 0 Å². The Labute approximate surface area is 161 Å². The summed E-state index contributed by atoms with van der Waals surface area (Å²) in [5, 5.41) is 2.90. The molecule has 150 valence electrons. The highest BCUT2D eigenvalue weighted by atomic mass is 19.4. The van der Waals surface area contributed by atoms with Gasteiger partial charge in [-0.25, -0.2) is 9.97 Å². The highest BCUT2D eigenvalue weighted by Gasteiger charge is 2.46. The van der Waals surface area contributed by atoms with E-state index in [1.165, 1.54) is 6.07 Å². The molecule has 2 aliphatic rings. The van der Waals surface area contributed by atoms with Gasteiger partial charge in [-0.15, -0.1) is 0 Å². The van der Waals surface area contributed by atoms with Crippen molar-refractivity contribution in [2.75, 3.05) is 19.0 Å². The zero-order chi connectivity index (χ0) is 19.7. The Hall–Kier alpha value is -2.35. The third kappa shape index (κ3) is 3.92. The molecule has 1 aliphatic carbocycles. The molecule has 1 aromatic heterocycles. The molecule has 4 rings (SSSR count). The van der Waals surface area contributed by atoms with Crippen LogP contribution in [-0.2, 0) is 12.7 Å². The monoisotopic (exact) mass is 392 g/mol. The van der Waals surface area contributed by atoms with Gasteiger partial charge in [-0.1, -0.05) is 6.07 Å². The van der Waals surface area contributed by atoms with Gasteiger partial charge in [0.2, 0.25) is 5.95 Å². The molecule has 0 radical (unpaired) electrons. The Morgan fingerprint density at radius 2 is 2.00 bits per heavy atom. The van der Waals surface area contributed by atoms with Crippen LogP contribution in [0, 0.1) is 5.92 Å². The normalized spacial score (nSPS) is 24.5. The smallest absolute Gasteiger partial charge is 0.416 e. The van der Waals surface area contributed by atoms with E-state index in [0.717, 1.165) is 43.5 Å². The average molecular weight is 392 g/mol. The second kappa shape index (κ2) is 7.58. The first-order chi connectivity index (χ1) is 13.4. The van der Waals surface area contributed by atoms with Gasteiger partial charge in [0.25, 0.3) is 0 Å². The van der Waals surface area contributed by atoms with E-state index in [0.29, 0.717) is 24.5 Å². The number of piperidine rings is 1. The van der Waals surface area contributed by atoms with Crippen LogP contribution < -0.4 is 10.1 Å². The van der Waals surface area contributed by atoms with Crippen LogP contribution in [0.4, 0.5) is 19.1 Å². The fraction of sp³-hybridized carbons (Fsp3) is 0.500. The van der Waals surface area contributed by atoms with Crippen molar-refractivity contribution in [3.63, 3.8) is 0 Å². The number of nitrogens with one attached hydrogen (secondary N) is 1. The molecule has 3 atom stereocenters. The van der Waals surface area contributed by atoms with Crippen molar-refractivity contribution in [3.05, 3.63) is 47.8 Å². The minimum atomic E-state index is -4.36. The molecule has 0 amide bonds. The largest absolute Gasteiger partial charge is 0.492 e. The standard InChI is InChI=1S/C20H23F3N4O/c1-24-19-25-9-13(10-26-19)11-27-16-6-5-14(7-16)18(27)12-28-17-4-2-3-15(8-17)20(21,22)23/h2-4,8-10,14,16,18H,5-7,11-12H2,1H3,(H,24,25,26)/t14-,16-,18-/m1/s1. The summed E-state index contributed by atoms with van der Waals surface area (Å²) in [6, 6.07) is 5.78. The van der Waals surface area contributed by atoms with Crippen molar-refractivity contribution >= 4 is 5.95 Å². The van der Waals surface area contributed by atoms with Crippen molar-refractivity contribution in [2.45, 2.75) is 44.1 Å². The first-order valence-corrected chi connectivity index (χ1v) is 9.48. The van der Waals surface area contributed by atoms with Crippen LogP contribution in [-0.4, -0.2) is 40.6 Å². The molecule has 8 heteroatoms. The summed E-state index contributed by atoms with van der Waals surface area (Å²) in [6.07, 6.45) is 2.68. The third-order valence-corrected chi connectivity index (χ3v) is 5.76. The average Bonchev–Trinajstić information content (AvgIpc) is 3.28. The van der Waals surface area contributed by atoms with Crippen molar-refractivity contribution in [2.24, 2.45) is 5.92 Å². The van der Waals surface area contributed by atoms with Crippen LogP contribution >= 0.6 is 0 Å². The van der Waals surface area contributed by atoms with Gasteiger partial charge in [0.15, 0.2) is 0 Å². The summed E-state index contributed by atoms with van der Waals surface area (Å²) in [4.78, 5) is 10.9. The Kier molecular flexibility index (Phi) is 5.14. The molecule has 2 fully saturated rings. The molecule has 0 spiro atoms. The lowest BCUT2D eigenvalue weighted by Crippen LogP contribution is -2.43. The van der Waals surface area contributed by atoms with Crippen molar-refractivity contribution < 1.29 is 17.9 Å². The third-order valence-electron chi connectivity index (χ3n) is 5.76. The first kappa shape index (κ1) is 19.0. The Morgan fingerprint density at radius 1 is 1.21 bits per heavy atom. The van der Waals surface area contributed by atoms with Crippen LogP contribution in [0.2, 0.25) is 0 Å². The number of ether oxygens (including phenoxy) is 1. The lowest BCUT2D eigenvalue weighted by molar-refractivity contribution is -0.137. The van der Waals surface area contributed by atoms with Gasteiger partial charge >= 0.3 is 6.18 Å². The summed E-state index contributed by atoms with van der Waals surface area (Å²) in [5.74, 6) is 1.36. The number of alkyl halides is 3. The zero-order valence-electron chi connectivity index (χ0n) is 15.6. The number of likely N-dealkylation sites (tertiary alicyclic amines) is 1. The van der Waals surface area contributed by atoms with Gasteiger partial charge < -0.3 is 10.1 Å². The van der Waals surface area contributed by atoms with Crippen LogP contribution in [0.3, 0.4) is 0 Å². The predicted octanol–water partition coefficient (Wildman–Crippen LogP) is 3.97. The second-order valence-electron chi connectivity index (χ2n) is 7.47. The van der Waals surface area contributed by atoms with Crippen LogP contribution in [0.25, 0.3) is 0 Å². The Bertz CT molecular complexity index is 812. The summed E-state index contributed by atoms with van der Waals surface area (Å²) < 4.78 is 44.5. The minimum Gasteiger partial charge on any atom is -0.492 e. The van der Waals surface area contributed by atoms with Gasteiger partial charge in [-0.2, -0.15) is 13.2 Å². The maximum atomic E-state index is 12.9.